The number of nitrogens with zero attached hydrogens (tertiary/aromatic N) is 2. The first-order chi connectivity index (χ1) is 6.29. The normalized spacial score (nSPS) is 20.8. The summed E-state index contributed by atoms with van der Waals surface area (Å²) in [5.41, 5.74) is 0. The van der Waals surface area contributed by atoms with E-state index in [1.54, 1.807) is 0 Å². The Morgan fingerprint density at radius 1 is 1.77 bits per heavy atom. The van der Waals surface area contributed by atoms with Crippen LogP contribution in [0.3, 0.4) is 0 Å². The Hall–Kier alpha value is -1.57. The molecule has 1 fully saturated rings. The number of amides is 2. The highest BCUT2D eigenvalue weighted by Crippen LogP contribution is 2.15. The molecule has 0 aliphatic carbocycles. The van der Waals surface area contributed by atoms with Gasteiger partial charge in [-0.25, -0.2) is 0 Å². The van der Waals surface area contributed by atoms with Crippen molar-refractivity contribution >= 4 is 12.3 Å². The molecule has 1 heterocycles. The number of carbonyl (C=O) groups excluding carboxylic acids is 2. The fraction of sp³-hybridized carbons (Fsp3) is 0.625. The summed E-state index contributed by atoms with van der Waals surface area (Å²) < 4.78 is 0. The Morgan fingerprint density at radius 2 is 2.54 bits per heavy atom. The van der Waals surface area contributed by atoms with Gasteiger partial charge in [0.05, 0.1) is 12.6 Å². The van der Waals surface area contributed by atoms with Gasteiger partial charge >= 0.3 is 0 Å². The molecule has 1 rings (SSSR count). The van der Waals surface area contributed by atoms with Crippen LogP contribution in [0, 0.1) is 11.3 Å². The second-order valence-electron chi connectivity index (χ2n) is 2.87. The molecule has 0 radical (unpaired) electrons. The summed E-state index contributed by atoms with van der Waals surface area (Å²) in [4.78, 5) is 22.8. The van der Waals surface area contributed by atoms with Crippen LogP contribution in [0.1, 0.15) is 12.8 Å². The number of nitrogens with one attached hydrogen (secondary N) is 1. The Balaban J connectivity index is 2.46. The summed E-state index contributed by atoms with van der Waals surface area (Å²) in [6.07, 6.45) is 2.09. The Morgan fingerprint density at radius 3 is 3.15 bits per heavy atom. The molecule has 13 heavy (non-hydrogen) atoms. The SMILES string of the molecule is N#CC1CCCN1C(=O)CNC=O. The largest absolute Gasteiger partial charge is 0.350 e. The molecule has 0 saturated carbocycles. The number of carbonyl (C=O) groups is 2. The molecular weight excluding hydrogens is 170 g/mol. The van der Waals surface area contributed by atoms with Crippen LogP contribution in [-0.4, -0.2) is 36.3 Å². The molecule has 5 heteroatoms. The maximum atomic E-state index is 11.3. The molecule has 0 aromatic rings. The predicted molar refractivity (Wildman–Crippen MR) is 44.4 cm³/mol. The molecule has 0 aromatic carbocycles. The highest BCUT2D eigenvalue weighted by Gasteiger charge is 2.27. The Labute approximate surface area is 76.3 Å². The lowest BCUT2D eigenvalue weighted by Gasteiger charge is -2.18. The first-order valence-corrected chi connectivity index (χ1v) is 4.15. The molecule has 70 valence electrons. The third-order valence-corrected chi connectivity index (χ3v) is 2.06. The van der Waals surface area contributed by atoms with Crippen LogP contribution >= 0.6 is 0 Å². The van der Waals surface area contributed by atoms with E-state index >= 15 is 0 Å². The highest BCUT2D eigenvalue weighted by molar-refractivity contribution is 5.80. The predicted octanol–water partition coefficient (Wildman–Crippen LogP) is -0.753. The minimum atomic E-state index is -0.305. The van der Waals surface area contributed by atoms with Gasteiger partial charge in [0, 0.05) is 6.54 Å². The van der Waals surface area contributed by atoms with Crippen molar-refractivity contribution in [3.63, 3.8) is 0 Å². The fourth-order valence-electron chi connectivity index (χ4n) is 1.43. The van der Waals surface area contributed by atoms with Crippen LogP contribution in [0.4, 0.5) is 0 Å². The maximum Gasteiger partial charge on any atom is 0.243 e. The lowest BCUT2D eigenvalue weighted by molar-refractivity contribution is -0.131. The van der Waals surface area contributed by atoms with Crippen molar-refractivity contribution in [2.45, 2.75) is 18.9 Å². The monoisotopic (exact) mass is 181 g/mol. The zero-order valence-electron chi connectivity index (χ0n) is 7.19. The van der Waals surface area contributed by atoms with E-state index in [9.17, 15) is 9.59 Å². The highest BCUT2D eigenvalue weighted by atomic mass is 16.2. The van der Waals surface area contributed by atoms with Crippen LogP contribution in [0.5, 0.6) is 0 Å². The summed E-state index contributed by atoms with van der Waals surface area (Å²) in [6, 6.07) is 1.76. The van der Waals surface area contributed by atoms with E-state index in [0.29, 0.717) is 13.0 Å². The van der Waals surface area contributed by atoms with Crippen LogP contribution in [0.25, 0.3) is 0 Å². The van der Waals surface area contributed by atoms with E-state index in [2.05, 4.69) is 11.4 Å². The molecule has 0 aromatic heterocycles. The van der Waals surface area contributed by atoms with Crippen LogP contribution < -0.4 is 5.32 Å². The van der Waals surface area contributed by atoms with E-state index in [1.165, 1.54) is 4.90 Å². The average molecular weight is 181 g/mol. The molecule has 1 N–H and O–H groups in total. The molecule has 5 nitrogen and oxygen atoms in total. The molecule has 1 saturated heterocycles. The van der Waals surface area contributed by atoms with E-state index in [0.717, 1.165) is 12.8 Å². The summed E-state index contributed by atoms with van der Waals surface area (Å²) in [5.74, 6) is -0.184. The molecule has 1 aliphatic heterocycles. The third-order valence-electron chi connectivity index (χ3n) is 2.06. The lowest BCUT2D eigenvalue weighted by Crippen LogP contribution is -2.40. The molecule has 0 spiro atoms. The Kier molecular flexibility index (Phi) is 3.26. The van der Waals surface area contributed by atoms with Crippen molar-refractivity contribution in [3.8, 4) is 6.07 Å². The number of likely N-dealkylation sites (tertiary alicyclic amines) is 1. The summed E-state index contributed by atoms with van der Waals surface area (Å²) in [7, 11) is 0. The summed E-state index contributed by atoms with van der Waals surface area (Å²) in [5, 5.41) is 11.0. The standard InChI is InChI=1S/C8H11N3O2/c9-4-7-2-1-3-11(7)8(13)5-10-6-12/h6-7H,1-3,5H2,(H,10,12). The van der Waals surface area contributed by atoms with Gasteiger partial charge in [0.15, 0.2) is 0 Å². The second-order valence-corrected chi connectivity index (χ2v) is 2.87. The van der Waals surface area contributed by atoms with Gasteiger partial charge in [-0.1, -0.05) is 0 Å². The molecule has 2 amide bonds. The Bertz CT molecular complexity index is 246. The van der Waals surface area contributed by atoms with Crippen molar-refractivity contribution in [3.05, 3.63) is 0 Å². The van der Waals surface area contributed by atoms with Gasteiger partial charge in [0.25, 0.3) is 0 Å². The lowest BCUT2D eigenvalue weighted by atomic mass is 10.2. The first-order valence-electron chi connectivity index (χ1n) is 4.15. The van der Waals surface area contributed by atoms with E-state index in [-0.39, 0.29) is 18.5 Å². The number of hydrogen-bond acceptors (Lipinski definition) is 3. The zero-order valence-corrected chi connectivity index (χ0v) is 7.19. The first kappa shape index (κ1) is 9.52. The van der Waals surface area contributed by atoms with Crippen molar-refractivity contribution in [2.75, 3.05) is 13.1 Å². The summed E-state index contributed by atoms with van der Waals surface area (Å²) in [6.45, 7) is 0.610. The molecule has 1 unspecified atom stereocenters. The van der Waals surface area contributed by atoms with Gasteiger partial charge in [0.2, 0.25) is 12.3 Å². The van der Waals surface area contributed by atoms with Crippen LogP contribution in [0.15, 0.2) is 0 Å². The maximum absolute atomic E-state index is 11.3. The molecule has 1 aliphatic rings. The van der Waals surface area contributed by atoms with Crippen molar-refractivity contribution in [1.29, 1.82) is 5.26 Å². The molecule has 0 bridgehead atoms. The van der Waals surface area contributed by atoms with Crippen molar-refractivity contribution in [1.82, 2.24) is 10.2 Å². The number of hydrogen-bond donors (Lipinski definition) is 1. The fourth-order valence-corrected chi connectivity index (χ4v) is 1.43. The van der Waals surface area contributed by atoms with Gasteiger partial charge in [-0.05, 0) is 12.8 Å². The van der Waals surface area contributed by atoms with Crippen molar-refractivity contribution < 1.29 is 9.59 Å². The number of nitriles is 1. The number of rotatable bonds is 3. The second kappa shape index (κ2) is 4.45. The van der Waals surface area contributed by atoms with Gasteiger partial charge in [-0.3, -0.25) is 9.59 Å². The van der Waals surface area contributed by atoms with Crippen LogP contribution in [-0.2, 0) is 9.59 Å². The molecule has 1 atom stereocenters. The smallest absolute Gasteiger partial charge is 0.243 e. The molecular formula is C8H11N3O2. The van der Waals surface area contributed by atoms with Crippen molar-refractivity contribution in [2.24, 2.45) is 0 Å². The van der Waals surface area contributed by atoms with Gasteiger partial charge < -0.3 is 10.2 Å². The topological polar surface area (TPSA) is 73.2 Å². The minimum Gasteiger partial charge on any atom is -0.350 e. The summed E-state index contributed by atoms with van der Waals surface area (Å²) >= 11 is 0. The van der Waals surface area contributed by atoms with Gasteiger partial charge in [-0.15, -0.1) is 0 Å². The van der Waals surface area contributed by atoms with E-state index in [1.807, 2.05) is 0 Å². The quantitative estimate of drug-likeness (QED) is 0.582. The van der Waals surface area contributed by atoms with Crippen LogP contribution in [0.2, 0.25) is 0 Å². The zero-order chi connectivity index (χ0) is 9.68. The van der Waals surface area contributed by atoms with E-state index < -0.39 is 0 Å². The van der Waals surface area contributed by atoms with Gasteiger partial charge in [-0.2, -0.15) is 5.26 Å². The third kappa shape index (κ3) is 2.18. The van der Waals surface area contributed by atoms with Gasteiger partial charge in [0.1, 0.15) is 6.04 Å². The minimum absolute atomic E-state index is 0.0122. The average Bonchev–Trinajstić information content (AvgIpc) is 2.61. The van der Waals surface area contributed by atoms with E-state index in [4.69, 9.17) is 5.26 Å².